The van der Waals surface area contributed by atoms with Gasteiger partial charge in [0.2, 0.25) is 5.56 Å². The van der Waals surface area contributed by atoms with Crippen LogP contribution in [0.5, 0.6) is 0 Å². The van der Waals surface area contributed by atoms with Crippen LogP contribution < -0.4 is 5.56 Å². The fourth-order valence-electron chi connectivity index (χ4n) is 2.17. The van der Waals surface area contributed by atoms with Crippen LogP contribution in [0.4, 0.5) is 13.2 Å². The van der Waals surface area contributed by atoms with E-state index in [-0.39, 0.29) is 11.1 Å². The van der Waals surface area contributed by atoms with Crippen molar-refractivity contribution in [2.75, 3.05) is 0 Å². The van der Waals surface area contributed by atoms with Crippen LogP contribution in [0, 0.1) is 0 Å². The summed E-state index contributed by atoms with van der Waals surface area (Å²) in [6.07, 6.45) is -1.66. The number of H-pyrrole nitrogens is 1. The molecule has 21 heavy (non-hydrogen) atoms. The first kappa shape index (κ1) is 13.4. The van der Waals surface area contributed by atoms with Crippen LogP contribution in [0.3, 0.4) is 0 Å². The van der Waals surface area contributed by atoms with Gasteiger partial charge in [-0.1, -0.05) is 18.2 Å². The zero-order valence-electron chi connectivity index (χ0n) is 10.6. The minimum absolute atomic E-state index is 0.0607. The molecule has 0 aliphatic rings. The number of fused-ring (bicyclic) bond motifs is 1. The standard InChI is InChI=1S/C15H9F3N2O/c16-15(17,18)12-4-2-1-3-11(12)9-5-10-8-20-14(21)6-13(10)19-7-9/h1-8H,(H,20,21). The van der Waals surface area contributed by atoms with Gasteiger partial charge in [0.15, 0.2) is 0 Å². The highest BCUT2D eigenvalue weighted by molar-refractivity contribution is 5.83. The summed E-state index contributed by atoms with van der Waals surface area (Å²) in [6, 6.07) is 8.20. The molecule has 0 saturated heterocycles. The molecule has 3 aromatic rings. The van der Waals surface area contributed by atoms with E-state index in [0.29, 0.717) is 16.5 Å². The van der Waals surface area contributed by atoms with Crippen LogP contribution in [0.15, 0.2) is 53.6 Å². The molecule has 6 heteroatoms. The molecule has 0 aliphatic carbocycles. The lowest BCUT2D eigenvalue weighted by molar-refractivity contribution is -0.137. The van der Waals surface area contributed by atoms with Crippen molar-refractivity contribution >= 4 is 10.9 Å². The van der Waals surface area contributed by atoms with Crippen LogP contribution in [0.2, 0.25) is 0 Å². The van der Waals surface area contributed by atoms with Crippen molar-refractivity contribution in [1.82, 2.24) is 9.97 Å². The summed E-state index contributed by atoms with van der Waals surface area (Å²) in [5.74, 6) is 0. The highest BCUT2D eigenvalue weighted by Gasteiger charge is 2.33. The van der Waals surface area contributed by atoms with Gasteiger partial charge < -0.3 is 4.98 Å². The number of benzene rings is 1. The third-order valence-electron chi connectivity index (χ3n) is 3.13. The highest BCUT2D eigenvalue weighted by Crippen LogP contribution is 2.37. The van der Waals surface area contributed by atoms with E-state index in [1.165, 1.54) is 30.6 Å². The summed E-state index contributed by atoms with van der Waals surface area (Å²) in [5.41, 5.74) is -0.172. The van der Waals surface area contributed by atoms with Gasteiger partial charge in [-0.3, -0.25) is 9.78 Å². The molecule has 0 atom stereocenters. The molecule has 0 radical (unpaired) electrons. The lowest BCUT2D eigenvalue weighted by atomic mass is 10.00. The number of hydrogen-bond donors (Lipinski definition) is 1. The fraction of sp³-hybridized carbons (Fsp3) is 0.0667. The second-order valence-corrected chi connectivity index (χ2v) is 4.54. The maximum atomic E-state index is 13.0. The highest BCUT2D eigenvalue weighted by atomic mass is 19.4. The molecule has 0 amide bonds. The van der Waals surface area contributed by atoms with Gasteiger partial charge in [-0.2, -0.15) is 13.2 Å². The number of aromatic amines is 1. The second-order valence-electron chi connectivity index (χ2n) is 4.54. The predicted octanol–water partition coefficient (Wildman–Crippen LogP) is 3.61. The van der Waals surface area contributed by atoms with Crippen LogP contribution in [0.1, 0.15) is 5.56 Å². The van der Waals surface area contributed by atoms with Gasteiger partial charge in [-0.25, -0.2) is 0 Å². The van der Waals surface area contributed by atoms with Crippen molar-refractivity contribution in [3.05, 3.63) is 64.7 Å². The SMILES string of the molecule is O=c1cc2ncc(-c3ccccc3C(F)(F)F)cc2c[nH]1. The maximum Gasteiger partial charge on any atom is 0.417 e. The van der Waals surface area contributed by atoms with E-state index in [1.807, 2.05) is 0 Å². The Morgan fingerprint density at radius 3 is 2.62 bits per heavy atom. The molecule has 1 aromatic carbocycles. The average Bonchev–Trinajstić information content (AvgIpc) is 2.46. The van der Waals surface area contributed by atoms with E-state index in [0.717, 1.165) is 6.07 Å². The Bertz CT molecular complexity index is 868. The molecule has 3 nitrogen and oxygen atoms in total. The molecular formula is C15H9F3N2O. The average molecular weight is 290 g/mol. The Labute approximate surface area is 117 Å². The lowest BCUT2D eigenvalue weighted by Gasteiger charge is -2.12. The van der Waals surface area contributed by atoms with Gasteiger partial charge in [0.05, 0.1) is 11.1 Å². The van der Waals surface area contributed by atoms with Gasteiger partial charge in [0.25, 0.3) is 0 Å². The molecule has 0 saturated carbocycles. The van der Waals surface area contributed by atoms with Crippen molar-refractivity contribution in [2.24, 2.45) is 0 Å². The molecule has 106 valence electrons. The third-order valence-corrected chi connectivity index (χ3v) is 3.13. The van der Waals surface area contributed by atoms with E-state index in [9.17, 15) is 18.0 Å². The van der Waals surface area contributed by atoms with Crippen LogP contribution in [-0.2, 0) is 6.18 Å². The zero-order valence-corrected chi connectivity index (χ0v) is 10.6. The number of nitrogens with zero attached hydrogens (tertiary/aromatic N) is 1. The van der Waals surface area contributed by atoms with Gasteiger partial charge in [-0.05, 0) is 17.7 Å². The van der Waals surface area contributed by atoms with E-state index in [4.69, 9.17) is 0 Å². The predicted molar refractivity (Wildman–Crippen MR) is 72.8 cm³/mol. The van der Waals surface area contributed by atoms with Crippen molar-refractivity contribution in [1.29, 1.82) is 0 Å². The molecule has 0 aliphatic heterocycles. The summed E-state index contributed by atoms with van der Waals surface area (Å²) >= 11 is 0. The molecule has 3 rings (SSSR count). The summed E-state index contributed by atoms with van der Waals surface area (Å²) in [6.45, 7) is 0. The molecule has 1 N–H and O–H groups in total. The van der Waals surface area contributed by atoms with E-state index >= 15 is 0 Å². The smallest absolute Gasteiger partial charge is 0.328 e. The van der Waals surface area contributed by atoms with Crippen molar-refractivity contribution in [3.8, 4) is 11.1 Å². The Morgan fingerprint density at radius 2 is 1.86 bits per heavy atom. The van der Waals surface area contributed by atoms with Gasteiger partial charge in [0, 0.05) is 29.4 Å². The minimum atomic E-state index is -4.43. The summed E-state index contributed by atoms with van der Waals surface area (Å²) in [7, 11) is 0. The molecule has 0 spiro atoms. The monoisotopic (exact) mass is 290 g/mol. The van der Waals surface area contributed by atoms with Crippen molar-refractivity contribution < 1.29 is 13.2 Å². The fourth-order valence-corrected chi connectivity index (χ4v) is 2.17. The van der Waals surface area contributed by atoms with Crippen LogP contribution >= 0.6 is 0 Å². The Hall–Kier alpha value is -2.63. The largest absolute Gasteiger partial charge is 0.417 e. The van der Waals surface area contributed by atoms with E-state index in [1.54, 1.807) is 12.1 Å². The number of nitrogens with one attached hydrogen (secondary N) is 1. The third kappa shape index (κ3) is 2.52. The zero-order chi connectivity index (χ0) is 15.0. The van der Waals surface area contributed by atoms with Gasteiger partial charge >= 0.3 is 6.18 Å². The van der Waals surface area contributed by atoms with Crippen LogP contribution in [-0.4, -0.2) is 9.97 Å². The van der Waals surface area contributed by atoms with Crippen LogP contribution in [0.25, 0.3) is 22.0 Å². The Morgan fingerprint density at radius 1 is 1.10 bits per heavy atom. The molecular weight excluding hydrogens is 281 g/mol. The summed E-state index contributed by atoms with van der Waals surface area (Å²) < 4.78 is 39.1. The Kier molecular flexibility index (Phi) is 3.01. The van der Waals surface area contributed by atoms with Crippen molar-refractivity contribution in [3.63, 3.8) is 0 Å². The summed E-state index contributed by atoms with van der Waals surface area (Å²) in [5, 5.41) is 0.573. The normalized spacial score (nSPS) is 11.8. The van der Waals surface area contributed by atoms with E-state index in [2.05, 4.69) is 9.97 Å². The number of alkyl halides is 3. The first-order valence-corrected chi connectivity index (χ1v) is 6.10. The minimum Gasteiger partial charge on any atom is -0.328 e. The van der Waals surface area contributed by atoms with Gasteiger partial charge in [-0.15, -0.1) is 0 Å². The first-order valence-electron chi connectivity index (χ1n) is 6.10. The number of hydrogen-bond acceptors (Lipinski definition) is 2. The molecule has 0 fully saturated rings. The maximum absolute atomic E-state index is 13.0. The number of rotatable bonds is 1. The molecule has 2 heterocycles. The number of halogens is 3. The van der Waals surface area contributed by atoms with E-state index < -0.39 is 11.7 Å². The molecule has 2 aromatic heterocycles. The topological polar surface area (TPSA) is 45.8 Å². The molecule has 0 bridgehead atoms. The number of pyridine rings is 2. The lowest BCUT2D eigenvalue weighted by Crippen LogP contribution is -2.07. The number of aromatic nitrogens is 2. The van der Waals surface area contributed by atoms with Gasteiger partial charge in [0.1, 0.15) is 0 Å². The first-order chi connectivity index (χ1) is 9.95. The summed E-state index contributed by atoms with van der Waals surface area (Å²) in [4.78, 5) is 17.7. The Balaban J connectivity index is 2.22. The molecule has 0 unspecified atom stereocenters. The quantitative estimate of drug-likeness (QED) is 0.744. The van der Waals surface area contributed by atoms with Crippen molar-refractivity contribution in [2.45, 2.75) is 6.18 Å². The second kappa shape index (κ2) is 4.73.